The molecular formula is C28H29N3O5S. The molecule has 192 valence electrons. The van der Waals surface area contributed by atoms with Gasteiger partial charge in [-0.2, -0.15) is 0 Å². The molecule has 3 aromatic carbocycles. The summed E-state index contributed by atoms with van der Waals surface area (Å²) in [6.07, 6.45) is -0.216. The summed E-state index contributed by atoms with van der Waals surface area (Å²) in [5, 5.41) is 12.7. The van der Waals surface area contributed by atoms with E-state index in [9.17, 15) is 18.4 Å². The van der Waals surface area contributed by atoms with E-state index in [-0.39, 0.29) is 12.2 Å². The first-order valence-corrected chi connectivity index (χ1v) is 13.1. The summed E-state index contributed by atoms with van der Waals surface area (Å²) in [4.78, 5) is 25.2. The quantitative estimate of drug-likeness (QED) is 0.278. The zero-order valence-corrected chi connectivity index (χ0v) is 21.6. The van der Waals surface area contributed by atoms with Crippen molar-refractivity contribution in [3.63, 3.8) is 0 Å². The third kappa shape index (κ3) is 6.42. The van der Waals surface area contributed by atoms with Crippen LogP contribution in [-0.4, -0.2) is 67.3 Å². The Morgan fingerprint density at radius 2 is 1.65 bits per heavy atom. The standard InChI is InChI=1S/C28H29N3O5S/c1-20(18-28(33)34)31(37(35)36)30-16-14-29(15-17-30)25-12-9-22(10-13-25)6-7-23-8-11-24-4-3-5-26(21(2)32)27(24)19-23/h3-5,8-13,19-20H,14-18H2,1-2H3,(H,33,34)(H,35,36). The summed E-state index contributed by atoms with van der Waals surface area (Å²) in [6.45, 7) is 5.47. The number of piperazine rings is 1. The van der Waals surface area contributed by atoms with Gasteiger partial charge >= 0.3 is 5.97 Å². The highest BCUT2D eigenvalue weighted by Crippen LogP contribution is 2.22. The fourth-order valence-corrected chi connectivity index (χ4v) is 5.31. The molecule has 0 aliphatic carbocycles. The van der Waals surface area contributed by atoms with Crippen LogP contribution in [0, 0.1) is 11.8 Å². The van der Waals surface area contributed by atoms with Crippen LogP contribution in [0.4, 0.5) is 5.69 Å². The molecule has 0 saturated carbocycles. The first-order valence-electron chi connectivity index (χ1n) is 12.0. The Balaban J connectivity index is 1.42. The zero-order valence-electron chi connectivity index (χ0n) is 20.8. The number of aliphatic carboxylic acids is 1. The third-order valence-electron chi connectivity index (χ3n) is 6.39. The normalized spacial score (nSPS) is 15.7. The van der Waals surface area contributed by atoms with Crippen LogP contribution in [0.25, 0.3) is 10.8 Å². The number of hydrazine groups is 1. The molecule has 0 bridgehead atoms. The van der Waals surface area contributed by atoms with Crippen molar-refractivity contribution in [2.24, 2.45) is 0 Å². The second-order valence-corrected chi connectivity index (χ2v) is 9.85. The molecule has 9 heteroatoms. The van der Waals surface area contributed by atoms with Gasteiger partial charge in [0, 0.05) is 54.6 Å². The van der Waals surface area contributed by atoms with Gasteiger partial charge in [-0.25, -0.2) is 9.22 Å². The second-order valence-electron chi connectivity index (χ2n) is 9.02. The first kappa shape index (κ1) is 26.5. The SMILES string of the molecule is CC(=O)c1cccc2ccc(C#Cc3ccc(N4CCN(N(C(C)CC(=O)O)S(=O)O)CC4)cc3)cc12. The number of carboxylic acid groups (broad SMARTS) is 1. The van der Waals surface area contributed by atoms with Crippen molar-refractivity contribution in [2.75, 3.05) is 31.1 Å². The molecule has 1 saturated heterocycles. The molecule has 1 aliphatic rings. The average Bonchev–Trinajstić information content (AvgIpc) is 2.87. The molecule has 37 heavy (non-hydrogen) atoms. The Labute approximate surface area is 218 Å². The van der Waals surface area contributed by atoms with Gasteiger partial charge in [-0.3, -0.25) is 14.1 Å². The molecule has 1 aliphatic heterocycles. The van der Waals surface area contributed by atoms with E-state index >= 15 is 0 Å². The number of Topliss-reactive ketones (excluding diaryl/α,β-unsaturated/α-hetero) is 1. The minimum Gasteiger partial charge on any atom is -0.481 e. The molecule has 2 N–H and O–H groups in total. The van der Waals surface area contributed by atoms with Gasteiger partial charge in [0.2, 0.25) is 11.3 Å². The molecule has 1 fully saturated rings. The van der Waals surface area contributed by atoms with Crippen molar-refractivity contribution in [2.45, 2.75) is 26.3 Å². The smallest absolute Gasteiger partial charge is 0.305 e. The van der Waals surface area contributed by atoms with E-state index in [0.717, 1.165) is 27.6 Å². The van der Waals surface area contributed by atoms with Gasteiger partial charge in [0.25, 0.3) is 0 Å². The van der Waals surface area contributed by atoms with Crippen LogP contribution < -0.4 is 4.90 Å². The Bertz CT molecular complexity index is 1390. The van der Waals surface area contributed by atoms with E-state index in [1.54, 1.807) is 18.9 Å². The van der Waals surface area contributed by atoms with Crippen LogP contribution in [-0.2, 0) is 16.1 Å². The lowest BCUT2D eigenvalue weighted by molar-refractivity contribution is -0.139. The molecular weight excluding hydrogens is 490 g/mol. The minimum atomic E-state index is -2.29. The van der Waals surface area contributed by atoms with Gasteiger partial charge in [-0.15, -0.1) is 4.41 Å². The maximum absolute atomic E-state index is 12.0. The molecule has 8 nitrogen and oxygen atoms in total. The highest BCUT2D eigenvalue weighted by molar-refractivity contribution is 7.76. The summed E-state index contributed by atoms with van der Waals surface area (Å²) < 4.78 is 22.8. The average molecular weight is 520 g/mol. The minimum absolute atomic E-state index is 0.0271. The highest BCUT2D eigenvalue weighted by Gasteiger charge is 2.30. The topological polar surface area (TPSA) is 101 Å². The van der Waals surface area contributed by atoms with Gasteiger partial charge < -0.3 is 10.0 Å². The Kier molecular flexibility index (Phi) is 8.36. The first-order chi connectivity index (χ1) is 17.7. The number of hydrogen-bond acceptors (Lipinski definition) is 5. The van der Waals surface area contributed by atoms with Crippen LogP contribution in [0.3, 0.4) is 0 Å². The summed E-state index contributed by atoms with van der Waals surface area (Å²) in [5.41, 5.74) is 3.42. The van der Waals surface area contributed by atoms with Gasteiger partial charge in [-0.1, -0.05) is 36.1 Å². The molecule has 0 spiro atoms. The van der Waals surface area contributed by atoms with Crippen molar-refractivity contribution >= 4 is 39.5 Å². The summed E-state index contributed by atoms with van der Waals surface area (Å²) in [6, 6.07) is 18.9. The van der Waals surface area contributed by atoms with Crippen LogP contribution in [0.2, 0.25) is 0 Å². The van der Waals surface area contributed by atoms with Crippen molar-refractivity contribution < 1.29 is 23.5 Å². The predicted octanol–water partition coefficient (Wildman–Crippen LogP) is 3.78. The monoisotopic (exact) mass is 519 g/mol. The van der Waals surface area contributed by atoms with Gasteiger partial charge in [0.05, 0.1) is 6.42 Å². The van der Waals surface area contributed by atoms with E-state index in [0.29, 0.717) is 31.7 Å². The third-order valence-corrected chi connectivity index (χ3v) is 7.30. The van der Waals surface area contributed by atoms with E-state index < -0.39 is 23.3 Å². The summed E-state index contributed by atoms with van der Waals surface area (Å²) in [7, 11) is 0. The van der Waals surface area contributed by atoms with Crippen LogP contribution in [0.5, 0.6) is 0 Å². The van der Waals surface area contributed by atoms with Gasteiger partial charge in [-0.05, 0) is 61.0 Å². The van der Waals surface area contributed by atoms with Crippen molar-refractivity contribution in [3.8, 4) is 11.8 Å². The number of carbonyl (C=O) groups excluding carboxylic acids is 1. The maximum atomic E-state index is 12.0. The summed E-state index contributed by atoms with van der Waals surface area (Å²) in [5.74, 6) is 5.40. The predicted molar refractivity (Wildman–Crippen MR) is 144 cm³/mol. The Morgan fingerprint density at radius 1 is 1.00 bits per heavy atom. The van der Waals surface area contributed by atoms with E-state index in [2.05, 4.69) is 16.7 Å². The highest BCUT2D eigenvalue weighted by atomic mass is 32.2. The lowest BCUT2D eigenvalue weighted by atomic mass is 10.00. The number of hydrogen-bond donors (Lipinski definition) is 2. The largest absolute Gasteiger partial charge is 0.481 e. The summed E-state index contributed by atoms with van der Waals surface area (Å²) >= 11 is -2.29. The van der Waals surface area contributed by atoms with Crippen molar-refractivity contribution in [1.29, 1.82) is 0 Å². The number of fused-ring (bicyclic) bond motifs is 1. The maximum Gasteiger partial charge on any atom is 0.305 e. The lowest BCUT2D eigenvalue weighted by Gasteiger charge is -2.41. The molecule has 0 radical (unpaired) electrons. The lowest BCUT2D eigenvalue weighted by Crippen LogP contribution is -2.57. The molecule has 4 rings (SSSR count). The molecule has 1 heterocycles. The van der Waals surface area contributed by atoms with E-state index in [1.807, 2.05) is 60.7 Å². The number of rotatable bonds is 7. The Hall–Kier alpha value is -3.55. The molecule has 0 aromatic heterocycles. The van der Waals surface area contributed by atoms with Gasteiger partial charge in [0.1, 0.15) is 0 Å². The van der Waals surface area contributed by atoms with Crippen LogP contribution >= 0.6 is 0 Å². The number of carboxylic acids is 1. The second kappa shape index (κ2) is 11.7. The fourth-order valence-electron chi connectivity index (χ4n) is 4.57. The number of carbonyl (C=O) groups is 2. The van der Waals surface area contributed by atoms with E-state index in [4.69, 9.17) is 5.11 Å². The molecule has 0 amide bonds. The van der Waals surface area contributed by atoms with Crippen molar-refractivity contribution in [3.05, 3.63) is 77.4 Å². The molecule has 3 aromatic rings. The number of anilines is 1. The van der Waals surface area contributed by atoms with Gasteiger partial charge in [0.15, 0.2) is 5.78 Å². The van der Waals surface area contributed by atoms with Crippen LogP contribution in [0.1, 0.15) is 41.8 Å². The van der Waals surface area contributed by atoms with Crippen LogP contribution in [0.15, 0.2) is 60.7 Å². The zero-order chi connectivity index (χ0) is 26.5. The number of benzene rings is 3. The molecule has 2 unspecified atom stereocenters. The van der Waals surface area contributed by atoms with Crippen molar-refractivity contribution in [1.82, 2.24) is 9.42 Å². The fraction of sp³-hybridized carbons (Fsp3) is 0.286. The molecule has 2 atom stereocenters. The Morgan fingerprint density at radius 3 is 2.27 bits per heavy atom. The number of ketones is 1. The van der Waals surface area contributed by atoms with E-state index in [1.165, 1.54) is 4.41 Å². The number of nitrogens with zero attached hydrogens (tertiary/aromatic N) is 3.